The van der Waals surface area contributed by atoms with E-state index in [1.54, 1.807) is 42.5 Å². The lowest BCUT2D eigenvalue weighted by Crippen LogP contribution is -2.53. The van der Waals surface area contributed by atoms with Gasteiger partial charge in [0, 0.05) is 12.6 Å². The van der Waals surface area contributed by atoms with Crippen LogP contribution in [0.3, 0.4) is 0 Å². The average molecular weight is 633 g/mol. The van der Waals surface area contributed by atoms with Crippen LogP contribution in [0.5, 0.6) is 11.5 Å². The van der Waals surface area contributed by atoms with Crippen molar-refractivity contribution in [3.05, 3.63) is 88.4 Å². The second kappa shape index (κ2) is 14.3. The summed E-state index contributed by atoms with van der Waals surface area (Å²) in [7, 11) is -3.87. The zero-order chi connectivity index (χ0) is 30.3. The number of benzene rings is 3. The molecule has 1 atom stereocenters. The molecule has 1 saturated carbocycles. The Labute approximate surface area is 257 Å². The molecular formula is C31H35Cl2N3O5S. The Hall–Kier alpha value is -3.27. The summed E-state index contributed by atoms with van der Waals surface area (Å²) in [5.74, 6) is 0.371. The first-order chi connectivity index (χ1) is 20.0. The molecule has 2 amide bonds. The first kappa shape index (κ1) is 31.7. The van der Waals surface area contributed by atoms with Gasteiger partial charge in [0.15, 0.2) is 0 Å². The van der Waals surface area contributed by atoms with Crippen molar-refractivity contribution in [2.75, 3.05) is 17.1 Å². The number of amides is 2. The van der Waals surface area contributed by atoms with Crippen LogP contribution in [0.1, 0.15) is 44.6 Å². The summed E-state index contributed by atoms with van der Waals surface area (Å²) in [5, 5.41) is 3.77. The molecule has 0 heterocycles. The number of carbonyl (C=O) groups is 2. The Morgan fingerprint density at radius 2 is 1.60 bits per heavy atom. The van der Waals surface area contributed by atoms with Gasteiger partial charge in [-0.3, -0.25) is 13.9 Å². The number of carbonyl (C=O) groups excluding carboxylic acids is 2. The summed E-state index contributed by atoms with van der Waals surface area (Å²) in [4.78, 5) is 28.8. The van der Waals surface area contributed by atoms with Crippen LogP contribution in [0.25, 0.3) is 0 Å². The molecule has 0 saturated heterocycles. The lowest BCUT2D eigenvalue weighted by atomic mass is 10.1. The van der Waals surface area contributed by atoms with Gasteiger partial charge in [0.25, 0.3) is 0 Å². The molecule has 42 heavy (non-hydrogen) atoms. The van der Waals surface area contributed by atoms with E-state index in [0.29, 0.717) is 39.2 Å². The second-order valence-corrected chi connectivity index (χ2v) is 13.1. The van der Waals surface area contributed by atoms with Crippen LogP contribution in [0.2, 0.25) is 10.0 Å². The summed E-state index contributed by atoms with van der Waals surface area (Å²) in [6.45, 7) is 1.38. The molecule has 0 aromatic heterocycles. The van der Waals surface area contributed by atoms with E-state index >= 15 is 0 Å². The van der Waals surface area contributed by atoms with Gasteiger partial charge >= 0.3 is 0 Å². The number of para-hydroxylation sites is 1. The monoisotopic (exact) mass is 631 g/mol. The van der Waals surface area contributed by atoms with Gasteiger partial charge in [0.1, 0.15) is 24.1 Å². The molecule has 1 fully saturated rings. The number of halogens is 2. The topological polar surface area (TPSA) is 96.0 Å². The molecule has 1 aliphatic rings. The molecule has 1 aliphatic carbocycles. The minimum Gasteiger partial charge on any atom is -0.457 e. The summed E-state index contributed by atoms with van der Waals surface area (Å²) >= 11 is 12.3. The molecule has 0 bridgehead atoms. The smallest absolute Gasteiger partial charge is 0.244 e. The van der Waals surface area contributed by atoms with Crippen LogP contribution in [0.4, 0.5) is 5.69 Å². The number of ether oxygens (including phenoxy) is 1. The van der Waals surface area contributed by atoms with Gasteiger partial charge in [-0.1, -0.05) is 67.2 Å². The van der Waals surface area contributed by atoms with E-state index in [0.717, 1.165) is 36.2 Å². The van der Waals surface area contributed by atoms with Gasteiger partial charge in [-0.2, -0.15) is 0 Å². The highest BCUT2D eigenvalue weighted by Gasteiger charge is 2.33. The average Bonchev–Trinajstić information content (AvgIpc) is 3.47. The first-order valence-corrected chi connectivity index (χ1v) is 16.5. The van der Waals surface area contributed by atoms with E-state index in [1.165, 1.54) is 4.90 Å². The van der Waals surface area contributed by atoms with E-state index < -0.39 is 28.5 Å². The number of rotatable bonds is 12. The van der Waals surface area contributed by atoms with Crippen LogP contribution < -0.4 is 14.4 Å². The largest absolute Gasteiger partial charge is 0.457 e. The van der Waals surface area contributed by atoms with E-state index in [1.807, 2.05) is 37.3 Å². The number of hydrogen-bond acceptors (Lipinski definition) is 5. The van der Waals surface area contributed by atoms with Gasteiger partial charge in [0.05, 0.1) is 22.0 Å². The molecule has 0 spiro atoms. The van der Waals surface area contributed by atoms with Crippen molar-refractivity contribution in [1.82, 2.24) is 10.2 Å². The predicted molar refractivity (Wildman–Crippen MR) is 167 cm³/mol. The number of nitrogens with one attached hydrogen (secondary N) is 1. The molecule has 0 radical (unpaired) electrons. The second-order valence-electron chi connectivity index (χ2n) is 10.4. The minimum absolute atomic E-state index is 0.0494. The van der Waals surface area contributed by atoms with E-state index in [9.17, 15) is 18.0 Å². The lowest BCUT2D eigenvalue weighted by molar-refractivity contribution is -0.140. The highest BCUT2D eigenvalue weighted by molar-refractivity contribution is 7.92. The van der Waals surface area contributed by atoms with Crippen molar-refractivity contribution < 1.29 is 22.7 Å². The minimum atomic E-state index is -3.87. The number of sulfonamides is 1. The third kappa shape index (κ3) is 8.40. The van der Waals surface area contributed by atoms with Crippen molar-refractivity contribution in [2.45, 2.75) is 57.7 Å². The van der Waals surface area contributed by atoms with Gasteiger partial charge in [-0.25, -0.2) is 8.42 Å². The maximum atomic E-state index is 13.9. The molecule has 11 heteroatoms. The third-order valence-corrected chi connectivity index (χ3v) is 9.09. The Morgan fingerprint density at radius 3 is 2.19 bits per heavy atom. The number of nitrogens with zero attached hydrogens (tertiary/aromatic N) is 2. The predicted octanol–water partition coefficient (Wildman–Crippen LogP) is 6.42. The van der Waals surface area contributed by atoms with Crippen molar-refractivity contribution >= 4 is 50.7 Å². The van der Waals surface area contributed by atoms with Crippen molar-refractivity contribution in [3.8, 4) is 11.5 Å². The number of hydrogen-bond donors (Lipinski definition) is 1. The zero-order valence-electron chi connectivity index (χ0n) is 23.6. The summed E-state index contributed by atoms with van der Waals surface area (Å²) < 4.78 is 32.7. The molecule has 1 N–H and O–H groups in total. The molecule has 0 aliphatic heterocycles. The van der Waals surface area contributed by atoms with Crippen molar-refractivity contribution in [1.29, 1.82) is 0 Å². The Bertz CT molecular complexity index is 1480. The highest BCUT2D eigenvalue weighted by atomic mass is 35.5. The van der Waals surface area contributed by atoms with Crippen LogP contribution in [0.15, 0.2) is 72.8 Å². The van der Waals surface area contributed by atoms with Crippen LogP contribution >= 0.6 is 23.2 Å². The maximum absolute atomic E-state index is 13.9. The fraction of sp³-hybridized carbons (Fsp3) is 0.355. The maximum Gasteiger partial charge on any atom is 0.244 e. The fourth-order valence-corrected chi connectivity index (χ4v) is 6.21. The molecule has 0 unspecified atom stereocenters. The summed E-state index contributed by atoms with van der Waals surface area (Å²) in [6.07, 6.45) is 5.28. The summed E-state index contributed by atoms with van der Waals surface area (Å²) in [6, 6.07) is 19.9. The van der Waals surface area contributed by atoms with Crippen LogP contribution in [-0.4, -0.2) is 50.0 Å². The van der Waals surface area contributed by atoms with Gasteiger partial charge in [-0.15, -0.1) is 0 Å². The van der Waals surface area contributed by atoms with Gasteiger partial charge in [-0.05, 0) is 73.4 Å². The lowest BCUT2D eigenvalue weighted by Gasteiger charge is -2.33. The molecular weight excluding hydrogens is 597 g/mol. The Morgan fingerprint density at radius 1 is 0.952 bits per heavy atom. The van der Waals surface area contributed by atoms with Gasteiger partial charge in [0.2, 0.25) is 21.8 Å². The van der Waals surface area contributed by atoms with Crippen LogP contribution in [0, 0.1) is 0 Å². The first-order valence-electron chi connectivity index (χ1n) is 13.9. The SMILES string of the molecule is CC[C@@H](C(=O)NC1CCCC1)N(Cc1ccc(Cl)c(Cl)c1)C(=O)CN(c1ccc(Oc2ccccc2)cc1)S(C)(=O)=O. The normalized spacial score (nSPS) is 14.3. The molecule has 4 rings (SSSR count). The van der Waals surface area contributed by atoms with E-state index in [2.05, 4.69) is 5.32 Å². The summed E-state index contributed by atoms with van der Waals surface area (Å²) in [5.41, 5.74) is 0.961. The standard InChI is InChI=1S/C31H35Cl2N3O5S/c1-3-29(31(38)34-23-9-7-8-10-23)35(20-22-13-18-27(32)28(33)19-22)30(37)21-36(42(2,39)40)24-14-16-26(17-15-24)41-25-11-5-4-6-12-25/h4-6,11-19,23,29H,3,7-10,20-21H2,1-2H3,(H,34,38)/t29-/m0/s1. The highest BCUT2D eigenvalue weighted by Crippen LogP contribution is 2.27. The van der Waals surface area contributed by atoms with E-state index in [4.69, 9.17) is 27.9 Å². The van der Waals surface area contributed by atoms with Crippen molar-refractivity contribution in [3.63, 3.8) is 0 Å². The zero-order valence-corrected chi connectivity index (χ0v) is 26.0. The molecule has 224 valence electrons. The molecule has 3 aromatic rings. The fourth-order valence-electron chi connectivity index (χ4n) is 5.04. The molecule has 8 nitrogen and oxygen atoms in total. The number of anilines is 1. The van der Waals surface area contributed by atoms with E-state index in [-0.39, 0.29) is 18.5 Å². The Balaban J connectivity index is 1.59. The third-order valence-electron chi connectivity index (χ3n) is 7.21. The Kier molecular flexibility index (Phi) is 10.8. The quantitative estimate of drug-likeness (QED) is 0.249. The molecule has 3 aromatic carbocycles. The van der Waals surface area contributed by atoms with Gasteiger partial charge < -0.3 is 15.0 Å². The van der Waals surface area contributed by atoms with Crippen LogP contribution in [-0.2, 0) is 26.2 Å². The van der Waals surface area contributed by atoms with Crippen molar-refractivity contribution in [2.24, 2.45) is 0 Å².